The van der Waals surface area contributed by atoms with Gasteiger partial charge in [-0.15, -0.1) is 24.7 Å². The predicted molar refractivity (Wildman–Crippen MR) is 101 cm³/mol. The zero-order valence-electron chi connectivity index (χ0n) is 15.8. The molecule has 0 amide bonds. The summed E-state index contributed by atoms with van der Waals surface area (Å²) in [5.74, 6) is 5.51. The summed E-state index contributed by atoms with van der Waals surface area (Å²) >= 11 is 0. The second-order valence-corrected chi connectivity index (χ2v) is 13.1. The van der Waals surface area contributed by atoms with E-state index < -0.39 is 8.32 Å². The zero-order valence-corrected chi connectivity index (χ0v) is 16.8. The van der Waals surface area contributed by atoms with Crippen LogP contribution in [0.25, 0.3) is 0 Å². The van der Waals surface area contributed by atoms with Gasteiger partial charge in [0, 0.05) is 18.3 Å². The van der Waals surface area contributed by atoms with E-state index >= 15 is 0 Å². The zero-order chi connectivity index (χ0) is 17.6. The molecule has 0 radical (unpaired) electrons. The molecule has 0 bridgehead atoms. The van der Waals surface area contributed by atoms with E-state index in [1.54, 1.807) is 0 Å². The van der Waals surface area contributed by atoms with Gasteiger partial charge in [-0.05, 0) is 31.5 Å². The van der Waals surface area contributed by atoms with Gasteiger partial charge in [-0.25, -0.2) is 0 Å². The van der Waals surface area contributed by atoms with E-state index in [9.17, 15) is 0 Å². The van der Waals surface area contributed by atoms with Crippen molar-refractivity contribution in [3.8, 4) is 24.7 Å². The molecule has 124 valence electrons. The molecule has 0 N–H and O–H groups in total. The molecule has 22 heavy (non-hydrogen) atoms. The molecular weight excluding hydrogens is 284 g/mol. The first-order valence-electron chi connectivity index (χ1n) is 8.09. The number of rotatable bonds is 7. The van der Waals surface area contributed by atoms with Gasteiger partial charge in [-0.1, -0.05) is 46.3 Å². The summed E-state index contributed by atoms with van der Waals surface area (Å²) in [7, 11) is -1.86. The standard InChI is InChI=1S/C20H34OSi/c1-11-13-14-17(3)16-18(20(7,8)15-12-2)21-22(9,10)19(4,5)6/h1-2,16,18H,13-15H2,3-10H3/b17-16+/t18-/m0/s1. The van der Waals surface area contributed by atoms with E-state index in [-0.39, 0.29) is 16.6 Å². The maximum Gasteiger partial charge on any atom is 0.192 e. The Morgan fingerprint density at radius 2 is 1.68 bits per heavy atom. The molecule has 0 aromatic carbocycles. The summed E-state index contributed by atoms with van der Waals surface area (Å²) in [6, 6.07) is 0. The van der Waals surface area contributed by atoms with Crippen molar-refractivity contribution in [2.45, 2.75) is 85.0 Å². The molecule has 0 heterocycles. The van der Waals surface area contributed by atoms with Crippen molar-refractivity contribution in [3.05, 3.63) is 11.6 Å². The molecule has 0 aliphatic rings. The molecular formula is C20H34OSi. The van der Waals surface area contributed by atoms with Crippen molar-refractivity contribution < 1.29 is 4.43 Å². The van der Waals surface area contributed by atoms with E-state index in [0.717, 1.165) is 12.8 Å². The maximum atomic E-state index is 6.69. The van der Waals surface area contributed by atoms with Crippen molar-refractivity contribution in [3.63, 3.8) is 0 Å². The first-order valence-corrected chi connectivity index (χ1v) is 11.0. The fourth-order valence-electron chi connectivity index (χ4n) is 1.89. The second-order valence-electron chi connectivity index (χ2n) is 8.39. The third-order valence-electron chi connectivity index (χ3n) is 4.66. The summed E-state index contributed by atoms with van der Waals surface area (Å²) in [5.41, 5.74) is 1.20. The molecule has 1 nitrogen and oxygen atoms in total. The highest BCUT2D eigenvalue weighted by Gasteiger charge is 2.42. The fourth-order valence-corrected chi connectivity index (χ4v) is 3.26. The van der Waals surface area contributed by atoms with Crippen LogP contribution in [0.3, 0.4) is 0 Å². The maximum absolute atomic E-state index is 6.69. The Bertz CT molecular complexity index is 463. The Balaban J connectivity index is 5.47. The Hall–Kier alpha value is -0.963. The van der Waals surface area contributed by atoms with Gasteiger partial charge in [-0.2, -0.15) is 0 Å². The van der Waals surface area contributed by atoms with E-state index in [0.29, 0.717) is 6.42 Å². The number of hydrogen-bond donors (Lipinski definition) is 0. The average Bonchev–Trinajstić information content (AvgIpc) is 2.33. The van der Waals surface area contributed by atoms with Gasteiger partial charge in [0.2, 0.25) is 0 Å². The Morgan fingerprint density at radius 3 is 2.09 bits per heavy atom. The summed E-state index contributed by atoms with van der Waals surface area (Å²) in [5, 5.41) is 0.179. The number of hydrogen-bond acceptors (Lipinski definition) is 1. The summed E-state index contributed by atoms with van der Waals surface area (Å²) in [4.78, 5) is 0. The summed E-state index contributed by atoms with van der Waals surface area (Å²) < 4.78 is 6.69. The largest absolute Gasteiger partial charge is 0.410 e. The minimum atomic E-state index is -1.86. The molecule has 0 aromatic heterocycles. The van der Waals surface area contributed by atoms with E-state index in [1.807, 2.05) is 0 Å². The molecule has 0 fully saturated rings. The molecule has 0 aliphatic carbocycles. The lowest BCUT2D eigenvalue weighted by Gasteiger charge is -2.43. The van der Waals surface area contributed by atoms with Crippen LogP contribution in [-0.2, 0) is 4.43 Å². The third kappa shape index (κ3) is 6.43. The topological polar surface area (TPSA) is 9.23 Å². The highest BCUT2D eigenvalue weighted by Crippen LogP contribution is 2.41. The predicted octanol–water partition coefficient (Wildman–Crippen LogP) is 5.79. The lowest BCUT2D eigenvalue weighted by Crippen LogP contribution is -2.47. The van der Waals surface area contributed by atoms with Crippen LogP contribution in [0.2, 0.25) is 18.1 Å². The van der Waals surface area contributed by atoms with Crippen molar-refractivity contribution in [2.24, 2.45) is 5.41 Å². The molecule has 0 spiro atoms. The van der Waals surface area contributed by atoms with Crippen LogP contribution in [0.15, 0.2) is 11.6 Å². The van der Waals surface area contributed by atoms with Crippen molar-refractivity contribution in [1.29, 1.82) is 0 Å². The quantitative estimate of drug-likeness (QED) is 0.328. The van der Waals surface area contributed by atoms with Crippen molar-refractivity contribution in [2.75, 3.05) is 0 Å². The van der Waals surface area contributed by atoms with Gasteiger partial charge >= 0.3 is 0 Å². The fraction of sp³-hybridized carbons (Fsp3) is 0.700. The molecule has 2 heteroatoms. The molecule has 0 rings (SSSR count). The SMILES string of the molecule is C#CCC/C(C)=C/[C@H](O[Si](C)(C)C(C)(C)C)C(C)(C)CC#C. The minimum Gasteiger partial charge on any atom is -0.410 e. The Morgan fingerprint density at radius 1 is 1.14 bits per heavy atom. The first kappa shape index (κ1) is 21.0. The minimum absolute atomic E-state index is 0.0298. The molecule has 0 aromatic rings. The van der Waals surface area contributed by atoms with Crippen molar-refractivity contribution >= 4 is 8.32 Å². The molecule has 0 saturated heterocycles. The normalized spacial score (nSPS) is 15.1. The van der Waals surface area contributed by atoms with Crippen LogP contribution < -0.4 is 0 Å². The van der Waals surface area contributed by atoms with E-state index in [1.165, 1.54) is 5.57 Å². The lowest BCUT2D eigenvalue weighted by atomic mass is 9.82. The van der Waals surface area contributed by atoms with Gasteiger partial charge in [0.15, 0.2) is 8.32 Å². The first-order chi connectivity index (χ1) is 9.87. The Kier molecular flexibility index (Phi) is 7.70. The van der Waals surface area contributed by atoms with Gasteiger partial charge in [-0.3, -0.25) is 0 Å². The van der Waals surface area contributed by atoms with Crippen LogP contribution in [0.4, 0.5) is 0 Å². The molecule has 0 saturated carbocycles. The second kappa shape index (κ2) is 8.05. The monoisotopic (exact) mass is 318 g/mol. The van der Waals surface area contributed by atoms with E-state index in [4.69, 9.17) is 17.3 Å². The van der Waals surface area contributed by atoms with Gasteiger partial charge in [0.05, 0.1) is 6.10 Å². The average molecular weight is 319 g/mol. The number of terminal acetylenes is 2. The smallest absolute Gasteiger partial charge is 0.192 e. The molecule has 0 aliphatic heterocycles. The molecule has 1 atom stereocenters. The van der Waals surface area contributed by atoms with Crippen LogP contribution in [-0.4, -0.2) is 14.4 Å². The Labute approximate surface area is 140 Å². The van der Waals surface area contributed by atoms with Gasteiger partial charge in [0.1, 0.15) is 0 Å². The van der Waals surface area contributed by atoms with Gasteiger partial charge in [0.25, 0.3) is 0 Å². The third-order valence-corrected chi connectivity index (χ3v) is 9.11. The lowest BCUT2D eigenvalue weighted by molar-refractivity contribution is 0.102. The highest BCUT2D eigenvalue weighted by molar-refractivity contribution is 6.74. The van der Waals surface area contributed by atoms with Crippen LogP contribution in [0, 0.1) is 30.1 Å². The van der Waals surface area contributed by atoms with Gasteiger partial charge < -0.3 is 4.43 Å². The highest BCUT2D eigenvalue weighted by atomic mass is 28.4. The van der Waals surface area contributed by atoms with Crippen LogP contribution in [0.5, 0.6) is 0 Å². The van der Waals surface area contributed by atoms with E-state index in [2.05, 4.69) is 72.6 Å². The van der Waals surface area contributed by atoms with Crippen LogP contribution >= 0.6 is 0 Å². The summed E-state index contributed by atoms with van der Waals surface area (Å²) in [6.07, 6.45) is 15.6. The van der Waals surface area contributed by atoms with Crippen molar-refractivity contribution in [1.82, 2.24) is 0 Å². The summed E-state index contributed by atoms with van der Waals surface area (Å²) in [6.45, 7) is 17.9. The number of allylic oxidation sites excluding steroid dienone is 1. The molecule has 0 unspecified atom stereocenters. The van der Waals surface area contributed by atoms with Crippen LogP contribution in [0.1, 0.15) is 60.8 Å².